The molecule has 1 amide bonds. The molecule has 0 bridgehead atoms. The molecule has 226 valence electrons. The van der Waals surface area contributed by atoms with Crippen LogP contribution in [-0.4, -0.2) is 72.3 Å². The molecular weight excluding hydrogens is 567 g/mol. The summed E-state index contributed by atoms with van der Waals surface area (Å²) in [5, 5.41) is 9.15. The molecule has 1 N–H and O–H groups in total. The zero-order chi connectivity index (χ0) is 30.1. The molecule has 7 nitrogen and oxygen atoms in total. The number of piperidine rings is 2. The Labute approximate surface area is 222 Å². The van der Waals surface area contributed by atoms with Crippen LogP contribution < -0.4 is 4.90 Å². The summed E-state index contributed by atoms with van der Waals surface area (Å²) >= 11 is 0. The Balaban J connectivity index is 1.64. The van der Waals surface area contributed by atoms with Crippen molar-refractivity contribution in [2.75, 3.05) is 31.1 Å². The number of ether oxygens (including phenoxy) is 2. The maximum atomic E-state index is 13.6. The van der Waals surface area contributed by atoms with Crippen molar-refractivity contribution in [3.05, 3.63) is 29.3 Å². The van der Waals surface area contributed by atoms with Crippen molar-refractivity contribution in [1.82, 2.24) is 4.90 Å². The van der Waals surface area contributed by atoms with Crippen LogP contribution in [0.5, 0.6) is 0 Å². The number of likely N-dealkylation sites (tertiary alicyclic amines) is 1. The zero-order valence-corrected chi connectivity index (χ0v) is 21.1. The molecule has 0 radical (unpaired) electrons. The van der Waals surface area contributed by atoms with E-state index in [4.69, 9.17) is 9.84 Å². The Bertz CT molecular complexity index is 1040. The molecule has 2 aliphatic rings. The molecule has 1 aromatic rings. The van der Waals surface area contributed by atoms with Gasteiger partial charge < -0.3 is 24.4 Å². The smallest absolute Gasteiger partial charge is 0.434 e. The first-order valence-electron chi connectivity index (χ1n) is 12.2. The topological polar surface area (TPSA) is 79.3 Å². The van der Waals surface area contributed by atoms with Crippen molar-refractivity contribution in [2.24, 2.45) is 5.92 Å². The molecule has 2 saturated heterocycles. The molecule has 0 spiro atoms. The van der Waals surface area contributed by atoms with Crippen LogP contribution in [0.25, 0.3) is 0 Å². The van der Waals surface area contributed by atoms with Gasteiger partial charge in [0.25, 0.3) is 6.10 Å². The SMILES string of the molecule is CC1(OCc2cc(N3CCC(C(=O)O)CC3)cc(C(F)(F)F)c2)CCN(C(=O)OC(C(F)(F)F)C(F)(F)F)CC1. The normalized spacial score (nSPS) is 19.2. The number of halogens is 9. The van der Waals surface area contributed by atoms with E-state index < -0.39 is 53.8 Å². The van der Waals surface area contributed by atoms with E-state index in [-0.39, 0.29) is 69.7 Å². The number of hydrogen-bond acceptors (Lipinski definition) is 5. The average Bonchev–Trinajstić information content (AvgIpc) is 2.84. The Morgan fingerprint density at radius 3 is 1.98 bits per heavy atom. The van der Waals surface area contributed by atoms with Crippen molar-refractivity contribution >= 4 is 17.7 Å². The van der Waals surface area contributed by atoms with E-state index in [0.29, 0.717) is 4.90 Å². The molecule has 0 aromatic heterocycles. The highest BCUT2D eigenvalue weighted by molar-refractivity contribution is 5.70. The third kappa shape index (κ3) is 8.07. The number of rotatable bonds is 6. The van der Waals surface area contributed by atoms with Gasteiger partial charge in [-0.25, -0.2) is 4.79 Å². The Kier molecular flexibility index (Phi) is 9.11. The molecule has 0 unspecified atom stereocenters. The first-order chi connectivity index (χ1) is 18.3. The summed E-state index contributed by atoms with van der Waals surface area (Å²) in [5.41, 5.74) is -1.58. The van der Waals surface area contributed by atoms with E-state index in [1.807, 2.05) is 0 Å². The van der Waals surface area contributed by atoms with Crippen molar-refractivity contribution in [3.63, 3.8) is 0 Å². The number of alkyl halides is 9. The number of carbonyl (C=O) groups is 2. The summed E-state index contributed by atoms with van der Waals surface area (Å²) in [4.78, 5) is 25.5. The molecule has 0 atom stereocenters. The van der Waals surface area contributed by atoms with Crippen molar-refractivity contribution < 1.29 is 63.7 Å². The van der Waals surface area contributed by atoms with E-state index in [0.717, 1.165) is 12.1 Å². The van der Waals surface area contributed by atoms with Gasteiger partial charge in [-0.05, 0) is 56.4 Å². The van der Waals surface area contributed by atoms with E-state index in [1.165, 1.54) is 6.07 Å². The average molecular weight is 594 g/mol. The lowest BCUT2D eigenvalue weighted by Gasteiger charge is -2.39. The third-order valence-corrected chi connectivity index (χ3v) is 6.99. The highest BCUT2D eigenvalue weighted by atomic mass is 19.4. The first kappa shape index (κ1) is 31.6. The highest BCUT2D eigenvalue weighted by Gasteiger charge is 2.60. The van der Waals surface area contributed by atoms with Gasteiger partial charge in [-0.15, -0.1) is 0 Å². The highest BCUT2D eigenvalue weighted by Crippen LogP contribution is 2.38. The molecule has 3 rings (SSSR count). The first-order valence-corrected chi connectivity index (χ1v) is 12.2. The maximum Gasteiger partial charge on any atom is 0.434 e. The van der Waals surface area contributed by atoms with Crippen LogP contribution in [0.15, 0.2) is 18.2 Å². The number of carboxylic acids is 1. The number of carbonyl (C=O) groups excluding carboxylic acids is 1. The fraction of sp³-hybridized carbons (Fsp3) is 0.667. The number of carboxylic acid groups (broad SMARTS) is 1. The van der Waals surface area contributed by atoms with Crippen LogP contribution in [-0.2, 0) is 27.1 Å². The second kappa shape index (κ2) is 11.5. The van der Waals surface area contributed by atoms with Crippen LogP contribution in [0, 0.1) is 5.92 Å². The lowest BCUT2D eigenvalue weighted by molar-refractivity contribution is -0.308. The molecule has 2 aliphatic heterocycles. The Morgan fingerprint density at radius 2 is 1.50 bits per heavy atom. The van der Waals surface area contributed by atoms with Gasteiger partial charge in [0.1, 0.15) is 0 Å². The number of aliphatic carboxylic acids is 1. The lowest BCUT2D eigenvalue weighted by Crippen LogP contribution is -2.51. The van der Waals surface area contributed by atoms with Crippen LogP contribution in [0.1, 0.15) is 43.7 Å². The van der Waals surface area contributed by atoms with Gasteiger partial charge in [-0.3, -0.25) is 4.79 Å². The Morgan fingerprint density at radius 1 is 0.950 bits per heavy atom. The maximum absolute atomic E-state index is 13.6. The summed E-state index contributed by atoms with van der Waals surface area (Å²) in [6, 6.07) is 3.35. The number of anilines is 1. The van der Waals surface area contributed by atoms with E-state index >= 15 is 0 Å². The van der Waals surface area contributed by atoms with Crippen molar-refractivity contribution in [2.45, 2.75) is 69.4 Å². The summed E-state index contributed by atoms with van der Waals surface area (Å²) in [6.45, 7) is 1.15. The molecule has 16 heteroatoms. The van der Waals surface area contributed by atoms with Gasteiger partial charge in [-0.2, -0.15) is 39.5 Å². The van der Waals surface area contributed by atoms with Gasteiger partial charge >= 0.3 is 30.6 Å². The standard InChI is InChI=1S/C24H27F9N2O5/c1-21(4-8-35(9-5-21)20(38)40-19(23(28,29)30)24(31,32)33)39-13-14-10-16(22(25,26)27)12-17(11-14)34-6-2-15(3-7-34)18(36)37/h10-12,15,19H,2-9,13H2,1H3,(H,36,37). The van der Waals surface area contributed by atoms with Crippen LogP contribution in [0.4, 0.5) is 50.0 Å². The van der Waals surface area contributed by atoms with Gasteiger partial charge in [-0.1, -0.05) is 0 Å². The second-order valence-electron chi connectivity index (χ2n) is 10.1. The molecular formula is C24H27F9N2O5. The second-order valence-corrected chi connectivity index (χ2v) is 10.1. The minimum absolute atomic E-state index is 0.0284. The summed E-state index contributed by atoms with van der Waals surface area (Å²) < 4.78 is 126. The van der Waals surface area contributed by atoms with Crippen molar-refractivity contribution in [1.29, 1.82) is 0 Å². The third-order valence-electron chi connectivity index (χ3n) is 6.99. The van der Waals surface area contributed by atoms with Crippen LogP contribution in [0.2, 0.25) is 0 Å². The summed E-state index contributed by atoms with van der Waals surface area (Å²) in [5.74, 6) is -1.55. The zero-order valence-electron chi connectivity index (χ0n) is 21.1. The number of hydrogen-bond donors (Lipinski definition) is 1. The largest absolute Gasteiger partial charge is 0.481 e. The van der Waals surface area contributed by atoms with E-state index in [9.17, 15) is 49.1 Å². The van der Waals surface area contributed by atoms with Crippen LogP contribution in [0.3, 0.4) is 0 Å². The number of nitrogens with zero attached hydrogens (tertiary/aromatic N) is 2. The fourth-order valence-electron chi connectivity index (χ4n) is 4.55. The summed E-state index contributed by atoms with van der Waals surface area (Å²) in [7, 11) is 0. The van der Waals surface area contributed by atoms with E-state index in [1.54, 1.807) is 11.8 Å². The van der Waals surface area contributed by atoms with Crippen molar-refractivity contribution in [3.8, 4) is 0 Å². The molecule has 0 aliphatic carbocycles. The molecule has 2 fully saturated rings. The van der Waals surface area contributed by atoms with Gasteiger partial charge in [0, 0.05) is 31.9 Å². The number of amides is 1. The molecule has 2 heterocycles. The van der Waals surface area contributed by atoms with Crippen LogP contribution >= 0.6 is 0 Å². The quantitative estimate of drug-likeness (QED) is 0.407. The summed E-state index contributed by atoms with van der Waals surface area (Å²) in [6.07, 6.45) is -22.0. The predicted molar refractivity (Wildman–Crippen MR) is 120 cm³/mol. The monoisotopic (exact) mass is 594 g/mol. The van der Waals surface area contributed by atoms with Gasteiger partial charge in [0.05, 0.1) is 23.7 Å². The number of benzene rings is 1. The predicted octanol–water partition coefficient (Wildman–Crippen LogP) is 6.01. The molecule has 1 aromatic carbocycles. The lowest BCUT2D eigenvalue weighted by atomic mass is 9.93. The molecule has 0 saturated carbocycles. The van der Waals surface area contributed by atoms with E-state index in [2.05, 4.69) is 4.74 Å². The van der Waals surface area contributed by atoms with Gasteiger partial charge in [0.2, 0.25) is 0 Å². The molecule has 40 heavy (non-hydrogen) atoms. The Hall–Kier alpha value is -2.91. The van der Waals surface area contributed by atoms with Gasteiger partial charge in [0.15, 0.2) is 0 Å². The fourth-order valence-corrected chi connectivity index (χ4v) is 4.55. The minimum atomic E-state index is -5.85. The minimum Gasteiger partial charge on any atom is -0.481 e.